The quantitative estimate of drug-likeness (QED) is 0.155. The van der Waals surface area contributed by atoms with Crippen LogP contribution in [0.2, 0.25) is 0 Å². The van der Waals surface area contributed by atoms with E-state index in [0.29, 0.717) is 0 Å². The highest BCUT2D eigenvalue weighted by Crippen LogP contribution is 2.63. The molecule has 2 heterocycles. The number of nitrogens with zero attached hydrogens (tertiary/aromatic N) is 2. The molecule has 1 aliphatic heterocycles. The molecule has 2 heteroatoms. The molecule has 13 aromatic rings. The Kier molecular flexibility index (Phi) is 9.20. The fraction of sp³-hybridized carbons (Fsp3) is 0.0270. The van der Waals surface area contributed by atoms with Crippen molar-refractivity contribution < 1.29 is 0 Å². The first-order chi connectivity index (χ1) is 37.8. The Labute approximate surface area is 442 Å². The minimum absolute atomic E-state index is 0.490. The molecule has 3 aliphatic rings. The summed E-state index contributed by atoms with van der Waals surface area (Å²) in [7, 11) is 0. The van der Waals surface area contributed by atoms with Crippen LogP contribution in [-0.2, 0) is 10.8 Å². The van der Waals surface area contributed by atoms with E-state index in [0.717, 1.165) is 22.6 Å². The molecule has 76 heavy (non-hydrogen) atoms. The Morgan fingerprint density at radius 1 is 0.289 bits per heavy atom. The van der Waals surface area contributed by atoms with Crippen LogP contribution in [0.25, 0.3) is 72.0 Å². The van der Waals surface area contributed by atoms with Crippen LogP contribution in [-0.4, -0.2) is 4.57 Å². The predicted octanol–water partition coefficient (Wildman–Crippen LogP) is 18.6. The summed E-state index contributed by atoms with van der Waals surface area (Å²) in [6.45, 7) is 0. The van der Waals surface area contributed by atoms with E-state index in [1.165, 1.54) is 111 Å². The van der Waals surface area contributed by atoms with Crippen LogP contribution in [0.4, 0.5) is 17.1 Å². The van der Waals surface area contributed by atoms with Crippen molar-refractivity contribution in [3.05, 3.63) is 336 Å². The summed E-state index contributed by atoms with van der Waals surface area (Å²) in [5, 5.41) is 2.45. The molecule has 0 N–H and O–H groups in total. The minimum atomic E-state index is -0.570. The van der Waals surface area contributed by atoms with Gasteiger partial charge in [0.1, 0.15) is 0 Å². The van der Waals surface area contributed by atoms with E-state index >= 15 is 0 Å². The molecule has 0 unspecified atom stereocenters. The van der Waals surface area contributed by atoms with E-state index in [9.17, 15) is 0 Å². The zero-order chi connectivity index (χ0) is 50.0. The van der Waals surface area contributed by atoms with Gasteiger partial charge in [-0.25, -0.2) is 0 Å². The molecule has 1 aromatic heterocycles. The highest BCUT2D eigenvalue weighted by molar-refractivity contribution is 6.14. The second-order valence-electron chi connectivity index (χ2n) is 20.6. The predicted molar refractivity (Wildman–Crippen MR) is 315 cm³/mol. The van der Waals surface area contributed by atoms with Gasteiger partial charge < -0.3 is 9.47 Å². The lowest BCUT2D eigenvalue weighted by Crippen LogP contribution is -2.33. The Morgan fingerprint density at radius 2 is 0.776 bits per heavy atom. The summed E-state index contributed by atoms with van der Waals surface area (Å²) in [6, 6.07) is 109. The lowest BCUT2D eigenvalue weighted by molar-refractivity contribution is 0.748. The molecule has 0 atom stereocenters. The first-order valence-corrected chi connectivity index (χ1v) is 26.5. The summed E-state index contributed by atoms with van der Waals surface area (Å²) in [5.41, 5.74) is 26.0. The summed E-state index contributed by atoms with van der Waals surface area (Å²) >= 11 is 0. The first kappa shape index (κ1) is 42.7. The van der Waals surface area contributed by atoms with E-state index in [2.05, 4.69) is 301 Å². The Hall–Kier alpha value is -9.76. The van der Waals surface area contributed by atoms with Gasteiger partial charge in [-0.3, -0.25) is 0 Å². The molecule has 1 spiro atoms. The number of fused-ring (bicyclic) bond motifs is 15. The van der Waals surface area contributed by atoms with Gasteiger partial charge in [0, 0.05) is 27.6 Å². The van der Waals surface area contributed by atoms with E-state index in [1.807, 2.05) is 0 Å². The number of anilines is 3. The van der Waals surface area contributed by atoms with Crippen LogP contribution in [0.5, 0.6) is 0 Å². The van der Waals surface area contributed by atoms with E-state index in [1.54, 1.807) is 0 Å². The molecule has 354 valence electrons. The lowest BCUT2D eigenvalue weighted by atomic mass is 9.65. The van der Waals surface area contributed by atoms with Gasteiger partial charge in [-0.05, 0) is 114 Å². The Bertz CT molecular complexity index is 4380. The van der Waals surface area contributed by atoms with Gasteiger partial charge in [0.05, 0.1) is 38.9 Å². The molecular formula is C74H48N2. The zero-order valence-electron chi connectivity index (χ0n) is 41.6. The highest BCUT2D eigenvalue weighted by atomic mass is 15.2. The molecule has 0 bridgehead atoms. The second-order valence-corrected chi connectivity index (χ2v) is 20.6. The van der Waals surface area contributed by atoms with E-state index in [4.69, 9.17) is 0 Å². The molecule has 0 amide bonds. The third-order valence-electron chi connectivity index (χ3n) is 17.1. The number of benzene rings is 12. The normalized spacial score (nSPS) is 13.7. The third kappa shape index (κ3) is 5.65. The maximum absolute atomic E-state index is 2.57. The van der Waals surface area contributed by atoms with Crippen molar-refractivity contribution in [3.8, 4) is 50.2 Å². The van der Waals surface area contributed by atoms with Crippen LogP contribution >= 0.6 is 0 Å². The number of hydrogen-bond acceptors (Lipinski definition) is 1. The van der Waals surface area contributed by atoms with Crippen LogP contribution in [0.3, 0.4) is 0 Å². The molecular weight excluding hydrogens is 917 g/mol. The number of aromatic nitrogens is 1. The van der Waals surface area contributed by atoms with Gasteiger partial charge in [0.15, 0.2) is 0 Å². The van der Waals surface area contributed by atoms with Gasteiger partial charge >= 0.3 is 0 Å². The first-order valence-electron chi connectivity index (χ1n) is 26.5. The van der Waals surface area contributed by atoms with Crippen LogP contribution < -0.4 is 4.90 Å². The minimum Gasteiger partial charge on any atom is -0.309 e. The average molecular weight is 965 g/mol. The third-order valence-corrected chi connectivity index (χ3v) is 17.1. The Morgan fingerprint density at radius 3 is 1.46 bits per heavy atom. The fourth-order valence-corrected chi connectivity index (χ4v) is 14.2. The largest absolute Gasteiger partial charge is 0.309 e. The van der Waals surface area contributed by atoms with Gasteiger partial charge in [-0.1, -0.05) is 255 Å². The standard InChI is InChI=1S/C74H48N2/c1-4-24-49(25-5-1)53-30-10-11-31-54(53)57-34-15-20-43-67(57)75(70-45-23-41-65-71(70)59-35-14-18-39-63(59)73(65,50-26-6-2-7-27-50)51-28-8-3-9-29-51)52-46-47-68-60(48-52)58-36-22-42-66-72(58)76(68)69-44-21-19-40-64(69)74(66)61-37-16-12-32-55(61)56-33-13-17-38-62(56)74/h1-48H. The highest BCUT2D eigenvalue weighted by Gasteiger charge is 2.51. The molecule has 0 radical (unpaired) electrons. The molecule has 0 fully saturated rings. The molecule has 2 nitrogen and oxygen atoms in total. The number of para-hydroxylation sites is 3. The van der Waals surface area contributed by atoms with Crippen molar-refractivity contribution >= 4 is 38.9 Å². The van der Waals surface area contributed by atoms with Crippen molar-refractivity contribution in [2.75, 3.05) is 4.90 Å². The fourth-order valence-electron chi connectivity index (χ4n) is 14.2. The summed E-state index contributed by atoms with van der Waals surface area (Å²) in [5.74, 6) is 0. The number of hydrogen-bond donors (Lipinski definition) is 0. The van der Waals surface area contributed by atoms with Crippen molar-refractivity contribution in [2.24, 2.45) is 0 Å². The summed E-state index contributed by atoms with van der Waals surface area (Å²) in [4.78, 5) is 2.57. The maximum atomic E-state index is 2.57. The van der Waals surface area contributed by atoms with Crippen LogP contribution in [0, 0.1) is 0 Å². The molecule has 16 rings (SSSR count). The van der Waals surface area contributed by atoms with Gasteiger partial charge in [0.2, 0.25) is 0 Å². The van der Waals surface area contributed by atoms with Gasteiger partial charge in [-0.2, -0.15) is 0 Å². The van der Waals surface area contributed by atoms with E-state index < -0.39 is 10.8 Å². The maximum Gasteiger partial charge on any atom is 0.0754 e. The molecule has 2 aliphatic carbocycles. The Balaban J connectivity index is 1.01. The molecule has 0 saturated carbocycles. The molecule has 12 aromatic carbocycles. The average Bonchev–Trinajstić information content (AvgIpc) is 4.31. The summed E-state index contributed by atoms with van der Waals surface area (Å²) in [6.07, 6.45) is 0. The number of rotatable bonds is 7. The SMILES string of the molecule is c1ccc(-c2ccccc2-c2ccccc2N(c2ccc3c(c2)c2cccc4c2n3-c2ccccc2C42c3ccccc3-c3ccccc32)c2cccc3c2-c2ccccc2C3(c2ccccc2)c2ccccc2)cc1. The van der Waals surface area contributed by atoms with Gasteiger partial charge in [-0.15, -0.1) is 0 Å². The van der Waals surface area contributed by atoms with E-state index in [-0.39, 0.29) is 0 Å². The second kappa shape index (κ2) is 16.4. The topological polar surface area (TPSA) is 8.17 Å². The van der Waals surface area contributed by atoms with Crippen LogP contribution in [0.15, 0.2) is 291 Å². The van der Waals surface area contributed by atoms with Gasteiger partial charge in [0.25, 0.3) is 0 Å². The summed E-state index contributed by atoms with van der Waals surface area (Å²) < 4.78 is 2.56. The van der Waals surface area contributed by atoms with Crippen molar-refractivity contribution in [1.82, 2.24) is 4.57 Å². The van der Waals surface area contributed by atoms with Crippen molar-refractivity contribution in [3.63, 3.8) is 0 Å². The monoisotopic (exact) mass is 964 g/mol. The zero-order valence-corrected chi connectivity index (χ0v) is 41.6. The molecule has 0 saturated heterocycles. The lowest BCUT2D eigenvalue weighted by Gasteiger charge is -2.39. The van der Waals surface area contributed by atoms with Crippen molar-refractivity contribution in [1.29, 1.82) is 0 Å². The van der Waals surface area contributed by atoms with Crippen molar-refractivity contribution in [2.45, 2.75) is 10.8 Å². The smallest absolute Gasteiger partial charge is 0.0754 e. The van der Waals surface area contributed by atoms with Crippen LogP contribution in [0.1, 0.15) is 44.5 Å².